The van der Waals surface area contributed by atoms with Gasteiger partial charge in [0.05, 0.1) is 17.5 Å². The van der Waals surface area contributed by atoms with Crippen molar-refractivity contribution in [1.29, 1.82) is 0 Å². The lowest BCUT2D eigenvalue weighted by atomic mass is 10.3. The molecule has 1 N–H and O–H groups in total. The third kappa shape index (κ3) is 2.86. The molecule has 0 amide bonds. The van der Waals surface area contributed by atoms with Crippen LogP contribution in [0.4, 0.5) is 0 Å². The average molecular weight is 253 g/mol. The molecule has 94 valence electrons. The van der Waals surface area contributed by atoms with Crippen LogP contribution in [0.2, 0.25) is 0 Å². The maximum Gasteiger partial charge on any atom is 0.194 e. The van der Waals surface area contributed by atoms with E-state index in [0.717, 1.165) is 30.4 Å². The number of imidazole rings is 1. The van der Waals surface area contributed by atoms with Crippen molar-refractivity contribution in [1.82, 2.24) is 14.7 Å². The Morgan fingerprint density at radius 2 is 2.41 bits per heavy atom. The van der Waals surface area contributed by atoms with Crippen molar-refractivity contribution < 1.29 is 4.74 Å². The van der Waals surface area contributed by atoms with Gasteiger partial charge in [0, 0.05) is 31.3 Å². The van der Waals surface area contributed by atoms with E-state index in [-0.39, 0.29) is 6.10 Å². The molecule has 2 aromatic heterocycles. The minimum atomic E-state index is 0.256. The Morgan fingerprint density at radius 3 is 3.18 bits per heavy atom. The summed E-state index contributed by atoms with van der Waals surface area (Å²) in [5, 5.41) is 5.48. The number of hydrogen-bond donors (Lipinski definition) is 1. The molecule has 0 radical (unpaired) electrons. The minimum absolute atomic E-state index is 0.256. The van der Waals surface area contributed by atoms with E-state index in [0.29, 0.717) is 0 Å². The minimum Gasteiger partial charge on any atom is -0.377 e. The average Bonchev–Trinajstić information content (AvgIpc) is 2.82. The number of hydrogen-bond acceptors (Lipinski definition) is 4. The summed E-state index contributed by atoms with van der Waals surface area (Å²) in [5.74, 6) is 0. The topological polar surface area (TPSA) is 38.6 Å². The monoisotopic (exact) mass is 253 g/mol. The first-order valence-electron chi connectivity index (χ1n) is 5.95. The predicted octanol–water partition coefficient (Wildman–Crippen LogP) is 2.22. The predicted molar refractivity (Wildman–Crippen MR) is 70.6 cm³/mol. The van der Waals surface area contributed by atoms with Gasteiger partial charge in [-0.05, 0) is 20.8 Å². The molecule has 0 saturated heterocycles. The molecule has 0 aromatic carbocycles. The first-order valence-corrected chi connectivity index (χ1v) is 6.83. The van der Waals surface area contributed by atoms with Gasteiger partial charge >= 0.3 is 0 Å². The molecule has 0 aliphatic carbocycles. The number of nitrogens with one attached hydrogen (secondary N) is 1. The lowest BCUT2D eigenvalue weighted by Gasteiger charge is -2.12. The molecule has 0 aliphatic rings. The number of fused-ring (bicyclic) bond motifs is 1. The summed E-state index contributed by atoms with van der Waals surface area (Å²) in [6.07, 6.45) is 2.33. The summed E-state index contributed by atoms with van der Waals surface area (Å²) in [6.45, 7) is 8.63. The third-order valence-corrected chi connectivity index (χ3v) is 3.49. The Morgan fingerprint density at radius 1 is 1.59 bits per heavy atom. The number of rotatable bonds is 6. The molecule has 2 rings (SSSR count). The van der Waals surface area contributed by atoms with Crippen LogP contribution in [0.25, 0.3) is 4.96 Å². The fraction of sp³-hybridized carbons (Fsp3) is 0.583. The van der Waals surface area contributed by atoms with Crippen LogP contribution in [0.3, 0.4) is 0 Å². The van der Waals surface area contributed by atoms with Crippen molar-refractivity contribution in [3.63, 3.8) is 0 Å². The molecule has 5 heteroatoms. The van der Waals surface area contributed by atoms with Crippen molar-refractivity contribution in [2.45, 2.75) is 33.4 Å². The van der Waals surface area contributed by atoms with Gasteiger partial charge in [-0.3, -0.25) is 4.40 Å². The lowest BCUT2D eigenvalue weighted by molar-refractivity contribution is 0.0758. The summed E-state index contributed by atoms with van der Waals surface area (Å²) in [6, 6.07) is 0. The summed E-state index contributed by atoms with van der Waals surface area (Å²) in [4.78, 5) is 5.58. The summed E-state index contributed by atoms with van der Waals surface area (Å²) < 4.78 is 7.63. The van der Waals surface area contributed by atoms with Gasteiger partial charge in [-0.15, -0.1) is 11.3 Å². The van der Waals surface area contributed by atoms with E-state index in [1.807, 2.05) is 6.92 Å². The molecule has 0 saturated carbocycles. The van der Waals surface area contributed by atoms with Crippen molar-refractivity contribution >= 4 is 16.3 Å². The standard InChI is InChI=1S/C12H19N3OS/c1-4-16-9(2)7-13-8-11-10(3)14-12-15(11)5-6-17-12/h5-6,9,13H,4,7-8H2,1-3H3. The molecule has 1 unspecified atom stereocenters. The van der Waals surface area contributed by atoms with E-state index in [4.69, 9.17) is 4.74 Å². The molecule has 0 bridgehead atoms. The molecular formula is C12H19N3OS. The first kappa shape index (κ1) is 12.5. The van der Waals surface area contributed by atoms with Gasteiger partial charge in [0.2, 0.25) is 0 Å². The highest BCUT2D eigenvalue weighted by Crippen LogP contribution is 2.16. The van der Waals surface area contributed by atoms with Crippen molar-refractivity contribution in [3.8, 4) is 0 Å². The number of aryl methyl sites for hydroxylation is 1. The molecule has 17 heavy (non-hydrogen) atoms. The van der Waals surface area contributed by atoms with E-state index in [1.165, 1.54) is 5.69 Å². The van der Waals surface area contributed by atoms with Gasteiger partial charge in [0.25, 0.3) is 0 Å². The second-order valence-corrected chi connectivity index (χ2v) is 4.97. The Balaban J connectivity index is 1.94. The maximum absolute atomic E-state index is 5.48. The highest BCUT2D eigenvalue weighted by atomic mass is 32.1. The Labute approximate surface area is 106 Å². The van der Waals surface area contributed by atoms with E-state index in [1.54, 1.807) is 11.3 Å². The van der Waals surface area contributed by atoms with E-state index < -0.39 is 0 Å². The Bertz CT molecular complexity index is 477. The molecule has 2 aromatic rings. The number of thiazole rings is 1. The second-order valence-electron chi connectivity index (χ2n) is 4.10. The fourth-order valence-electron chi connectivity index (χ4n) is 1.89. The number of ether oxygens (including phenoxy) is 1. The number of aromatic nitrogens is 2. The van der Waals surface area contributed by atoms with Crippen molar-refractivity contribution in [2.24, 2.45) is 0 Å². The molecular weight excluding hydrogens is 234 g/mol. The van der Waals surface area contributed by atoms with Gasteiger partial charge < -0.3 is 10.1 Å². The molecule has 4 nitrogen and oxygen atoms in total. The lowest BCUT2D eigenvalue weighted by Crippen LogP contribution is -2.27. The molecule has 2 heterocycles. The van der Waals surface area contributed by atoms with Crippen LogP contribution in [0.15, 0.2) is 11.6 Å². The fourth-order valence-corrected chi connectivity index (χ4v) is 2.67. The molecule has 0 spiro atoms. The van der Waals surface area contributed by atoms with Gasteiger partial charge in [-0.2, -0.15) is 0 Å². The summed E-state index contributed by atoms with van der Waals surface area (Å²) in [5.41, 5.74) is 2.35. The third-order valence-electron chi connectivity index (χ3n) is 2.74. The van der Waals surface area contributed by atoms with Crippen LogP contribution >= 0.6 is 11.3 Å². The molecule has 0 aliphatic heterocycles. The molecule has 1 atom stereocenters. The van der Waals surface area contributed by atoms with Gasteiger partial charge in [0.1, 0.15) is 0 Å². The zero-order chi connectivity index (χ0) is 12.3. The smallest absolute Gasteiger partial charge is 0.194 e. The van der Waals surface area contributed by atoms with Crippen LogP contribution in [0.5, 0.6) is 0 Å². The second kappa shape index (κ2) is 5.62. The largest absolute Gasteiger partial charge is 0.377 e. The SMILES string of the molecule is CCOC(C)CNCc1c(C)nc2sccn12. The quantitative estimate of drug-likeness (QED) is 0.858. The van der Waals surface area contributed by atoms with Crippen LogP contribution < -0.4 is 5.32 Å². The van der Waals surface area contributed by atoms with E-state index >= 15 is 0 Å². The molecule has 0 fully saturated rings. The zero-order valence-electron chi connectivity index (χ0n) is 10.6. The normalized spacial score (nSPS) is 13.4. The van der Waals surface area contributed by atoms with Crippen LogP contribution in [-0.4, -0.2) is 28.6 Å². The van der Waals surface area contributed by atoms with Gasteiger partial charge in [-0.1, -0.05) is 0 Å². The number of nitrogens with zero attached hydrogens (tertiary/aromatic N) is 2. The van der Waals surface area contributed by atoms with Crippen molar-refractivity contribution in [3.05, 3.63) is 23.0 Å². The van der Waals surface area contributed by atoms with Gasteiger partial charge in [-0.25, -0.2) is 4.98 Å². The maximum atomic E-state index is 5.48. The first-order chi connectivity index (χ1) is 8.22. The van der Waals surface area contributed by atoms with E-state index in [2.05, 4.69) is 40.1 Å². The van der Waals surface area contributed by atoms with Crippen LogP contribution in [0.1, 0.15) is 25.2 Å². The summed E-state index contributed by atoms with van der Waals surface area (Å²) >= 11 is 1.67. The Hall–Kier alpha value is -0.910. The highest BCUT2D eigenvalue weighted by molar-refractivity contribution is 7.15. The zero-order valence-corrected chi connectivity index (χ0v) is 11.4. The summed E-state index contributed by atoms with van der Waals surface area (Å²) in [7, 11) is 0. The van der Waals surface area contributed by atoms with Crippen LogP contribution in [0, 0.1) is 6.92 Å². The highest BCUT2D eigenvalue weighted by Gasteiger charge is 2.09. The Kier molecular flexibility index (Phi) is 4.15. The van der Waals surface area contributed by atoms with Crippen molar-refractivity contribution in [2.75, 3.05) is 13.2 Å². The van der Waals surface area contributed by atoms with Gasteiger partial charge in [0.15, 0.2) is 4.96 Å². The van der Waals surface area contributed by atoms with E-state index in [9.17, 15) is 0 Å². The van der Waals surface area contributed by atoms with Crippen LogP contribution in [-0.2, 0) is 11.3 Å².